The highest BCUT2D eigenvalue weighted by Crippen LogP contribution is 2.28. The van der Waals surface area contributed by atoms with Gasteiger partial charge in [0.2, 0.25) is 0 Å². The summed E-state index contributed by atoms with van der Waals surface area (Å²) in [6, 6.07) is 11.2. The first-order chi connectivity index (χ1) is 12.3. The van der Waals surface area contributed by atoms with Crippen molar-refractivity contribution in [3.05, 3.63) is 47.2 Å². The first-order valence-corrected chi connectivity index (χ1v) is 8.48. The number of nitrogens with zero attached hydrogens (tertiary/aromatic N) is 4. The third-order valence-electron chi connectivity index (χ3n) is 3.51. The molecule has 0 N–H and O–H groups in total. The van der Waals surface area contributed by atoms with E-state index in [-0.39, 0.29) is 5.15 Å². The molecule has 0 saturated heterocycles. The number of fused-ring (bicyclic) bond motifs is 1. The lowest BCUT2D eigenvalue weighted by Gasteiger charge is -2.20. The van der Waals surface area contributed by atoms with E-state index in [4.69, 9.17) is 16.3 Å². The number of halogens is 1. The van der Waals surface area contributed by atoms with Crippen LogP contribution in [0.15, 0.2) is 41.4 Å². The fourth-order valence-corrected chi connectivity index (χ4v) is 2.72. The first-order valence-electron chi connectivity index (χ1n) is 8.10. The molecule has 0 bridgehead atoms. The Kier molecular flexibility index (Phi) is 4.78. The minimum absolute atomic E-state index is 0.266. The van der Waals surface area contributed by atoms with E-state index in [2.05, 4.69) is 15.0 Å². The lowest BCUT2D eigenvalue weighted by Crippen LogP contribution is -2.28. The monoisotopic (exact) mass is 370 g/mol. The maximum Gasteiger partial charge on any atom is 0.420 e. The van der Waals surface area contributed by atoms with Gasteiger partial charge in [0.25, 0.3) is 0 Å². The van der Waals surface area contributed by atoms with Crippen LogP contribution in [0.3, 0.4) is 0 Å². The predicted octanol–water partition coefficient (Wildman–Crippen LogP) is 4.58. The van der Waals surface area contributed by atoms with Gasteiger partial charge in [-0.2, -0.15) is 0 Å². The van der Waals surface area contributed by atoms with Gasteiger partial charge in [0, 0.05) is 18.8 Å². The molecule has 0 atom stereocenters. The second-order valence-corrected chi connectivity index (χ2v) is 7.07. The summed E-state index contributed by atoms with van der Waals surface area (Å²) in [4.78, 5) is 25.7. The summed E-state index contributed by atoms with van der Waals surface area (Å²) in [5.74, 6) is 0.436. The van der Waals surface area contributed by atoms with Crippen molar-refractivity contribution in [1.29, 1.82) is 0 Å². The molecule has 0 spiro atoms. The summed E-state index contributed by atoms with van der Waals surface area (Å²) >= 11 is 6.37. The van der Waals surface area contributed by atoms with Gasteiger partial charge in [0.05, 0.1) is 11.1 Å². The number of hydrogen-bond acceptors (Lipinski definition) is 5. The van der Waals surface area contributed by atoms with Crippen molar-refractivity contribution < 1.29 is 9.53 Å². The van der Waals surface area contributed by atoms with Crippen molar-refractivity contribution in [2.45, 2.75) is 26.4 Å². The fraction of sp³-hybridized carbons (Fsp3) is 0.263. The molecule has 0 fully saturated rings. The van der Waals surface area contributed by atoms with Crippen LogP contribution in [0.4, 0.5) is 4.79 Å². The van der Waals surface area contributed by atoms with E-state index in [0.717, 1.165) is 5.56 Å². The molecular weight excluding hydrogens is 352 g/mol. The number of hydrogen-bond donors (Lipinski definition) is 0. The van der Waals surface area contributed by atoms with Crippen LogP contribution in [0.1, 0.15) is 26.5 Å². The zero-order chi connectivity index (χ0) is 18.9. The van der Waals surface area contributed by atoms with Crippen LogP contribution in [0.2, 0.25) is 5.15 Å². The van der Waals surface area contributed by atoms with Gasteiger partial charge in [-0.15, -0.1) is 0 Å². The Labute approximate surface area is 156 Å². The standard InChI is InChI=1S/C19H19ClN4O2/c1-19(2,3)26-18(25)24-13(11-21-4)10-14-15(20)22-16(23-17(14)24)12-8-6-5-7-9-12/h5-11H,1-4H3/b21-11+. The third kappa shape index (κ3) is 3.60. The SMILES string of the molecule is C/N=C/c1cc2c(Cl)nc(-c3ccccc3)nc2n1C(=O)OC(C)(C)C. The van der Waals surface area contributed by atoms with E-state index in [1.807, 2.05) is 51.1 Å². The van der Waals surface area contributed by atoms with Gasteiger partial charge in [-0.05, 0) is 26.8 Å². The molecule has 0 aliphatic rings. The minimum atomic E-state index is -0.645. The molecule has 0 amide bonds. The van der Waals surface area contributed by atoms with Crippen LogP contribution < -0.4 is 0 Å². The molecule has 0 radical (unpaired) electrons. The van der Waals surface area contributed by atoms with Crippen LogP contribution >= 0.6 is 11.6 Å². The lowest BCUT2D eigenvalue weighted by atomic mass is 10.2. The van der Waals surface area contributed by atoms with E-state index < -0.39 is 11.7 Å². The average molecular weight is 371 g/mol. The van der Waals surface area contributed by atoms with Crippen molar-refractivity contribution in [3.8, 4) is 11.4 Å². The molecule has 6 nitrogen and oxygen atoms in total. The van der Waals surface area contributed by atoms with Crippen LogP contribution in [0, 0.1) is 0 Å². The van der Waals surface area contributed by atoms with Gasteiger partial charge >= 0.3 is 6.09 Å². The van der Waals surface area contributed by atoms with E-state index in [0.29, 0.717) is 22.6 Å². The molecule has 3 rings (SSSR count). The number of aliphatic imine (C=N–C) groups is 1. The molecule has 0 aliphatic carbocycles. The highest BCUT2D eigenvalue weighted by atomic mass is 35.5. The van der Waals surface area contributed by atoms with Crippen molar-refractivity contribution in [2.24, 2.45) is 4.99 Å². The number of benzene rings is 1. The Bertz CT molecular complexity index is 988. The lowest BCUT2D eigenvalue weighted by molar-refractivity contribution is 0.0543. The first kappa shape index (κ1) is 18.1. The molecular formula is C19H19ClN4O2. The summed E-state index contributed by atoms with van der Waals surface area (Å²) in [6.45, 7) is 5.42. The number of aromatic nitrogens is 3. The minimum Gasteiger partial charge on any atom is -0.443 e. The quantitative estimate of drug-likeness (QED) is 0.489. The molecule has 0 aliphatic heterocycles. The molecule has 1 aromatic carbocycles. The van der Waals surface area contributed by atoms with Crippen molar-refractivity contribution in [2.75, 3.05) is 7.05 Å². The van der Waals surface area contributed by atoms with Gasteiger partial charge in [0.15, 0.2) is 11.5 Å². The van der Waals surface area contributed by atoms with E-state index in [1.54, 1.807) is 19.3 Å². The highest BCUT2D eigenvalue weighted by molar-refractivity contribution is 6.34. The Morgan fingerprint density at radius 3 is 2.54 bits per heavy atom. The van der Waals surface area contributed by atoms with E-state index in [9.17, 15) is 4.79 Å². The number of carbonyl (C=O) groups excluding carboxylic acids is 1. The third-order valence-corrected chi connectivity index (χ3v) is 3.80. The maximum atomic E-state index is 12.8. The summed E-state index contributed by atoms with van der Waals surface area (Å²) in [6.07, 6.45) is 1.01. The Balaban J connectivity index is 2.25. The highest BCUT2D eigenvalue weighted by Gasteiger charge is 2.24. The largest absolute Gasteiger partial charge is 0.443 e. The van der Waals surface area contributed by atoms with Crippen molar-refractivity contribution in [3.63, 3.8) is 0 Å². The molecule has 26 heavy (non-hydrogen) atoms. The summed E-state index contributed by atoms with van der Waals surface area (Å²) in [5.41, 5.74) is 1.07. The normalized spacial score (nSPS) is 12.0. The smallest absolute Gasteiger partial charge is 0.420 e. The summed E-state index contributed by atoms with van der Waals surface area (Å²) in [7, 11) is 1.62. The zero-order valence-corrected chi connectivity index (χ0v) is 15.8. The van der Waals surface area contributed by atoms with Gasteiger partial charge in [-0.1, -0.05) is 41.9 Å². The average Bonchev–Trinajstić information content (AvgIpc) is 2.93. The Morgan fingerprint density at radius 1 is 1.23 bits per heavy atom. The number of ether oxygens (including phenoxy) is 1. The van der Waals surface area contributed by atoms with Crippen molar-refractivity contribution in [1.82, 2.24) is 14.5 Å². The molecule has 3 aromatic rings. The van der Waals surface area contributed by atoms with Crippen LogP contribution in [-0.2, 0) is 4.74 Å². The van der Waals surface area contributed by atoms with E-state index in [1.165, 1.54) is 4.57 Å². The van der Waals surface area contributed by atoms with Gasteiger partial charge in [-0.25, -0.2) is 19.3 Å². The number of rotatable bonds is 2. The second kappa shape index (κ2) is 6.88. The Morgan fingerprint density at radius 2 is 1.92 bits per heavy atom. The van der Waals surface area contributed by atoms with Crippen LogP contribution in [-0.4, -0.2) is 39.5 Å². The molecule has 0 saturated carbocycles. The molecule has 2 heterocycles. The van der Waals surface area contributed by atoms with Gasteiger partial charge in [-0.3, -0.25) is 4.99 Å². The van der Waals surface area contributed by atoms with Crippen molar-refractivity contribution >= 4 is 34.9 Å². The van der Waals surface area contributed by atoms with Crippen LogP contribution in [0.25, 0.3) is 22.4 Å². The molecule has 0 unspecified atom stereocenters. The van der Waals surface area contributed by atoms with Crippen LogP contribution in [0.5, 0.6) is 0 Å². The number of carbonyl (C=O) groups is 1. The topological polar surface area (TPSA) is 69.4 Å². The second-order valence-electron chi connectivity index (χ2n) is 6.71. The fourth-order valence-electron chi connectivity index (χ4n) is 2.50. The molecule has 134 valence electrons. The Hall–Kier alpha value is -2.73. The van der Waals surface area contributed by atoms with E-state index >= 15 is 0 Å². The van der Waals surface area contributed by atoms with Gasteiger partial charge in [0.1, 0.15) is 10.8 Å². The summed E-state index contributed by atoms with van der Waals surface area (Å²) < 4.78 is 6.89. The maximum absolute atomic E-state index is 12.8. The molecule has 2 aromatic heterocycles. The van der Waals surface area contributed by atoms with Gasteiger partial charge < -0.3 is 4.74 Å². The summed E-state index contributed by atoms with van der Waals surface area (Å²) in [5, 5.41) is 0.828. The molecule has 7 heteroatoms. The zero-order valence-electron chi connectivity index (χ0n) is 15.0. The predicted molar refractivity (Wildman–Crippen MR) is 103 cm³/mol.